The van der Waals surface area contributed by atoms with Gasteiger partial charge in [-0.3, -0.25) is 9.59 Å². The maximum absolute atomic E-state index is 14.2. The summed E-state index contributed by atoms with van der Waals surface area (Å²) in [5.74, 6) is -0.460. The van der Waals surface area contributed by atoms with Crippen LogP contribution in [0, 0.1) is 6.92 Å². The van der Waals surface area contributed by atoms with E-state index in [-0.39, 0.29) is 24.0 Å². The number of amides is 4. The number of nitrogens with two attached hydrogens (primary N) is 1. The zero-order valence-electron chi connectivity index (χ0n) is 24.1. The van der Waals surface area contributed by atoms with Crippen LogP contribution >= 0.6 is 0 Å². The fourth-order valence-corrected chi connectivity index (χ4v) is 5.25. The molecule has 2 aromatic carbocycles. The van der Waals surface area contributed by atoms with Crippen molar-refractivity contribution in [1.82, 2.24) is 19.6 Å². The number of primary amides is 1. The molecular weight excluding hydrogens is 520 g/mol. The maximum atomic E-state index is 14.2. The standard InChI is InChI=1S/C31H40N6O4/c1-4-6-14-35(15-7-5-2)30(40)27-16-21(3)37(34-27)28-13-12-24(33-31(32)41)18-26(28)29(39)36-19-23-11-9-8-10-22(23)17-25(36)20-38/h8-13,16,18,25,38H,4-7,14-15,17,19-20H2,1-3H3,(H3,32,33,41)/t25-/m0/s1. The second-order valence-electron chi connectivity index (χ2n) is 10.5. The van der Waals surface area contributed by atoms with Gasteiger partial charge in [0.1, 0.15) is 0 Å². The van der Waals surface area contributed by atoms with Crippen LogP contribution in [0.3, 0.4) is 0 Å². The minimum atomic E-state index is -0.751. The third-order valence-electron chi connectivity index (χ3n) is 7.51. The molecule has 1 aliphatic heterocycles. The average Bonchev–Trinajstić information content (AvgIpc) is 3.36. The Hall–Kier alpha value is -4.18. The van der Waals surface area contributed by atoms with Crippen LogP contribution < -0.4 is 11.1 Å². The van der Waals surface area contributed by atoms with Gasteiger partial charge in [0.05, 0.1) is 23.9 Å². The number of benzene rings is 2. The molecule has 0 bridgehead atoms. The van der Waals surface area contributed by atoms with E-state index in [0.717, 1.165) is 36.8 Å². The Kier molecular flexibility index (Phi) is 9.78. The molecule has 0 aliphatic carbocycles. The number of aliphatic hydroxyl groups excluding tert-OH is 1. The topological polar surface area (TPSA) is 134 Å². The van der Waals surface area contributed by atoms with Gasteiger partial charge in [0.15, 0.2) is 5.69 Å². The van der Waals surface area contributed by atoms with Gasteiger partial charge in [-0.15, -0.1) is 0 Å². The van der Waals surface area contributed by atoms with Crippen LogP contribution in [0.5, 0.6) is 0 Å². The normalized spacial score (nSPS) is 14.4. The van der Waals surface area contributed by atoms with E-state index >= 15 is 0 Å². The molecule has 0 unspecified atom stereocenters. The number of nitrogens with zero attached hydrogens (tertiary/aromatic N) is 4. The van der Waals surface area contributed by atoms with Crippen LogP contribution in [0.4, 0.5) is 10.5 Å². The molecule has 218 valence electrons. The fraction of sp³-hybridized carbons (Fsp3) is 0.419. The summed E-state index contributed by atoms with van der Waals surface area (Å²) in [6.07, 6.45) is 4.31. The molecule has 4 N–H and O–H groups in total. The summed E-state index contributed by atoms with van der Waals surface area (Å²) in [4.78, 5) is 42.8. The number of hydrogen-bond donors (Lipinski definition) is 3. The average molecular weight is 561 g/mol. The smallest absolute Gasteiger partial charge is 0.316 e. The van der Waals surface area contributed by atoms with Crippen molar-refractivity contribution in [2.75, 3.05) is 25.0 Å². The lowest BCUT2D eigenvalue weighted by Gasteiger charge is -2.36. The summed E-state index contributed by atoms with van der Waals surface area (Å²) in [5, 5.41) is 17.4. The van der Waals surface area contributed by atoms with Crippen molar-refractivity contribution in [3.63, 3.8) is 0 Å². The Labute approximate surface area is 241 Å². The Morgan fingerprint density at radius 1 is 1.05 bits per heavy atom. The SMILES string of the molecule is CCCCN(CCCC)C(=O)c1cc(C)n(-c2ccc(NC(N)=O)cc2C(=O)N2Cc3ccccc3C[C@H]2CO)n1. The van der Waals surface area contributed by atoms with Gasteiger partial charge in [-0.05, 0) is 61.6 Å². The molecule has 1 aliphatic rings. The Morgan fingerprint density at radius 3 is 2.37 bits per heavy atom. The second-order valence-corrected chi connectivity index (χ2v) is 10.5. The third-order valence-corrected chi connectivity index (χ3v) is 7.51. The predicted octanol–water partition coefficient (Wildman–Crippen LogP) is 4.27. The summed E-state index contributed by atoms with van der Waals surface area (Å²) < 4.78 is 1.60. The first-order chi connectivity index (χ1) is 19.8. The van der Waals surface area contributed by atoms with Crippen molar-refractivity contribution in [3.05, 3.63) is 76.6 Å². The monoisotopic (exact) mass is 560 g/mol. The zero-order valence-corrected chi connectivity index (χ0v) is 24.1. The van der Waals surface area contributed by atoms with E-state index in [2.05, 4.69) is 24.3 Å². The molecule has 3 aromatic rings. The molecule has 0 spiro atoms. The summed E-state index contributed by atoms with van der Waals surface area (Å²) in [6, 6.07) is 13.3. The van der Waals surface area contributed by atoms with Crippen LogP contribution in [0.25, 0.3) is 5.69 Å². The van der Waals surface area contributed by atoms with E-state index in [9.17, 15) is 19.5 Å². The molecular formula is C31H40N6O4. The molecule has 0 saturated carbocycles. The van der Waals surface area contributed by atoms with Crippen molar-refractivity contribution in [2.45, 2.75) is 65.5 Å². The van der Waals surface area contributed by atoms with E-state index in [4.69, 9.17) is 5.73 Å². The highest BCUT2D eigenvalue weighted by Gasteiger charge is 2.32. The highest BCUT2D eigenvalue weighted by atomic mass is 16.3. The lowest BCUT2D eigenvalue weighted by Crippen LogP contribution is -2.46. The number of aromatic nitrogens is 2. The Bertz CT molecular complexity index is 1390. The number of carbonyl (C=O) groups excluding carboxylic acids is 3. The van der Waals surface area contributed by atoms with Crippen molar-refractivity contribution in [3.8, 4) is 5.69 Å². The molecule has 4 amide bonds. The van der Waals surface area contributed by atoms with E-state index in [1.807, 2.05) is 36.1 Å². The van der Waals surface area contributed by atoms with Crippen LogP contribution in [0.1, 0.15) is 77.2 Å². The number of rotatable bonds is 11. The number of nitrogens with one attached hydrogen (secondary N) is 1. The minimum absolute atomic E-state index is 0.137. The van der Waals surface area contributed by atoms with Gasteiger partial charge >= 0.3 is 6.03 Å². The summed E-state index contributed by atoms with van der Waals surface area (Å²) in [7, 11) is 0. The number of unbranched alkanes of at least 4 members (excludes halogenated alkanes) is 2. The largest absolute Gasteiger partial charge is 0.394 e. The molecule has 10 heteroatoms. The predicted molar refractivity (Wildman–Crippen MR) is 158 cm³/mol. The fourth-order valence-electron chi connectivity index (χ4n) is 5.25. The lowest BCUT2D eigenvalue weighted by atomic mass is 9.93. The molecule has 41 heavy (non-hydrogen) atoms. The number of urea groups is 1. The first-order valence-electron chi connectivity index (χ1n) is 14.3. The van der Waals surface area contributed by atoms with Crippen LogP contribution in [-0.2, 0) is 13.0 Å². The third kappa shape index (κ3) is 6.77. The minimum Gasteiger partial charge on any atom is -0.394 e. The summed E-state index contributed by atoms with van der Waals surface area (Å²) in [5.41, 5.74) is 9.56. The number of aliphatic hydroxyl groups is 1. The van der Waals surface area contributed by atoms with Gasteiger partial charge in [-0.25, -0.2) is 9.48 Å². The second kappa shape index (κ2) is 13.5. The molecule has 0 saturated heterocycles. The zero-order chi connectivity index (χ0) is 29.5. The molecule has 10 nitrogen and oxygen atoms in total. The summed E-state index contributed by atoms with van der Waals surface area (Å²) in [6.45, 7) is 7.49. The highest BCUT2D eigenvalue weighted by Crippen LogP contribution is 2.29. The van der Waals surface area contributed by atoms with E-state index < -0.39 is 12.1 Å². The molecule has 1 atom stereocenters. The van der Waals surface area contributed by atoms with Crippen LogP contribution in [-0.4, -0.2) is 68.3 Å². The van der Waals surface area contributed by atoms with Gasteiger partial charge in [0.2, 0.25) is 0 Å². The first kappa shape index (κ1) is 29.8. The summed E-state index contributed by atoms with van der Waals surface area (Å²) >= 11 is 0. The number of aryl methyl sites for hydroxylation is 1. The van der Waals surface area contributed by atoms with Gasteiger partial charge in [0, 0.05) is 31.0 Å². The van der Waals surface area contributed by atoms with Gasteiger partial charge in [-0.2, -0.15) is 5.10 Å². The maximum Gasteiger partial charge on any atom is 0.316 e. The van der Waals surface area contributed by atoms with E-state index in [1.165, 1.54) is 0 Å². The van der Waals surface area contributed by atoms with Gasteiger partial charge < -0.3 is 26.0 Å². The van der Waals surface area contributed by atoms with Crippen molar-refractivity contribution in [2.24, 2.45) is 5.73 Å². The molecule has 0 radical (unpaired) electrons. The lowest BCUT2D eigenvalue weighted by molar-refractivity contribution is 0.0544. The first-order valence-corrected chi connectivity index (χ1v) is 14.3. The van der Waals surface area contributed by atoms with Gasteiger partial charge in [-0.1, -0.05) is 51.0 Å². The number of hydrogen-bond acceptors (Lipinski definition) is 5. The van der Waals surface area contributed by atoms with Crippen LogP contribution in [0.15, 0.2) is 48.5 Å². The highest BCUT2D eigenvalue weighted by molar-refractivity contribution is 6.00. The molecule has 0 fully saturated rings. The van der Waals surface area contributed by atoms with Crippen molar-refractivity contribution in [1.29, 1.82) is 0 Å². The molecule has 4 rings (SSSR count). The van der Waals surface area contributed by atoms with E-state index in [1.54, 1.807) is 33.8 Å². The van der Waals surface area contributed by atoms with Crippen molar-refractivity contribution < 1.29 is 19.5 Å². The quantitative estimate of drug-likeness (QED) is 0.322. The Morgan fingerprint density at radius 2 is 1.73 bits per heavy atom. The number of fused-ring (bicyclic) bond motifs is 1. The van der Waals surface area contributed by atoms with E-state index in [0.29, 0.717) is 48.8 Å². The number of carbonyl (C=O) groups is 3. The number of anilines is 1. The van der Waals surface area contributed by atoms with Gasteiger partial charge in [0.25, 0.3) is 11.8 Å². The Balaban J connectivity index is 1.74. The molecule has 1 aromatic heterocycles. The van der Waals surface area contributed by atoms with Crippen LogP contribution in [0.2, 0.25) is 0 Å². The van der Waals surface area contributed by atoms with Crippen molar-refractivity contribution >= 4 is 23.5 Å². The molecule has 2 heterocycles.